The van der Waals surface area contributed by atoms with E-state index in [2.05, 4.69) is 61.5 Å². The Morgan fingerprint density at radius 2 is 1.65 bits per heavy atom. The molecule has 0 spiro atoms. The molecule has 2 aromatic carbocycles. The molecule has 0 radical (unpaired) electrons. The number of amides is 1. The molecule has 1 fully saturated rings. The lowest BCUT2D eigenvalue weighted by atomic mass is 9.94. The maximum atomic E-state index is 12.5. The highest BCUT2D eigenvalue weighted by molar-refractivity contribution is 5.72. The van der Waals surface area contributed by atoms with Crippen molar-refractivity contribution >= 4 is 6.09 Å². The van der Waals surface area contributed by atoms with Crippen LogP contribution < -0.4 is 0 Å². The van der Waals surface area contributed by atoms with Gasteiger partial charge >= 0.3 is 6.09 Å². The molecule has 0 N–H and O–H groups in total. The van der Waals surface area contributed by atoms with E-state index in [9.17, 15) is 4.79 Å². The molecule has 1 amide bonds. The average molecular weight is 418 g/mol. The third-order valence-corrected chi connectivity index (χ3v) is 5.83. The zero-order valence-corrected chi connectivity index (χ0v) is 19.0. The lowest BCUT2D eigenvalue weighted by Gasteiger charge is -2.24. The van der Waals surface area contributed by atoms with Crippen molar-refractivity contribution in [2.24, 2.45) is 13.0 Å². The second-order valence-corrected chi connectivity index (χ2v) is 9.49. The standard InChI is InChI=1S/C26H31N3O2/c1-18-16-29(25(30)31-26(2,3)4)17-22(18)24-15-23(27-28(24)5)21-13-9-12-20(14-21)19-10-7-6-8-11-19/h6-15,18,22H,16-17H2,1-5H3/t18?,22-/m1/s1. The molecule has 1 unspecified atom stereocenters. The predicted octanol–water partition coefficient (Wildman–Crippen LogP) is 5.72. The van der Waals surface area contributed by atoms with Gasteiger partial charge in [0.15, 0.2) is 0 Å². The Kier molecular flexibility index (Phi) is 5.61. The van der Waals surface area contributed by atoms with Crippen LogP contribution in [-0.2, 0) is 11.8 Å². The highest BCUT2D eigenvalue weighted by Crippen LogP contribution is 2.35. The third kappa shape index (κ3) is 4.66. The molecule has 4 rings (SSSR count). The molecule has 31 heavy (non-hydrogen) atoms. The summed E-state index contributed by atoms with van der Waals surface area (Å²) in [6.07, 6.45) is -0.236. The Morgan fingerprint density at radius 1 is 0.968 bits per heavy atom. The first kappa shape index (κ1) is 21.2. The molecular formula is C26H31N3O2. The lowest BCUT2D eigenvalue weighted by Crippen LogP contribution is -2.35. The number of aromatic nitrogens is 2. The minimum Gasteiger partial charge on any atom is -0.444 e. The van der Waals surface area contributed by atoms with Crippen LogP contribution in [0.4, 0.5) is 4.79 Å². The molecule has 1 aliphatic rings. The fraction of sp³-hybridized carbons (Fsp3) is 0.385. The minimum atomic E-state index is -0.484. The molecule has 2 atom stereocenters. The van der Waals surface area contributed by atoms with Gasteiger partial charge in [0.25, 0.3) is 0 Å². The summed E-state index contributed by atoms with van der Waals surface area (Å²) in [5, 5.41) is 4.81. The SMILES string of the molecule is CC1CN(C(=O)OC(C)(C)C)C[C@H]1c1cc(-c2cccc(-c3ccccc3)c2)nn1C. The van der Waals surface area contributed by atoms with Gasteiger partial charge in [0.05, 0.1) is 5.69 Å². The van der Waals surface area contributed by atoms with E-state index in [0.717, 1.165) is 17.0 Å². The number of nitrogens with zero attached hydrogens (tertiary/aromatic N) is 3. The van der Waals surface area contributed by atoms with E-state index in [-0.39, 0.29) is 12.0 Å². The van der Waals surface area contributed by atoms with Crippen molar-refractivity contribution in [3.8, 4) is 22.4 Å². The predicted molar refractivity (Wildman–Crippen MR) is 124 cm³/mol. The Balaban J connectivity index is 1.57. The normalized spacial score (nSPS) is 18.9. The summed E-state index contributed by atoms with van der Waals surface area (Å²) < 4.78 is 7.54. The van der Waals surface area contributed by atoms with Gasteiger partial charge in [0.1, 0.15) is 5.60 Å². The summed E-state index contributed by atoms with van der Waals surface area (Å²) in [5.41, 5.74) is 5.09. The summed E-state index contributed by atoms with van der Waals surface area (Å²) in [7, 11) is 1.99. The van der Waals surface area contributed by atoms with Gasteiger partial charge in [-0.1, -0.05) is 55.5 Å². The Hall–Kier alpha value is -3.08. The summed E-state index contributed by atoms with van der Waals surface area (Å²) in [4.78, 5) is 14.4. The Labute approximate surface area is 184 Å². The monoisotopic (exact) mass is 417 g/mol. The third-order valence-electron chi connectivity index (χ3n) is 5.83. The van der Waals surface area contributed by atoms with Crippen LogP contribution in [0, 0.1) is 5.92 Å². The van der Waals surface area contributed by atoms with Crippen LogP contribution in [0.1, 0.15) is 39.3 Å². The molecule has 5 heteroatoms. The van der Waals surface area contributed by atoms with Gasteiger partial charge < -0.3 is 9.64 Å². The van der Waals surface area contributed by atoms with Gasteiger partial charge in [0.2, 0.25) is 0 Å². The van der Waals surface area contributed by atoms with E-state index in [0.29, 0.717) is 19.0 Å². The van der Waals surface area contributed by atoms with Crippen molar-refractivity contribution in [2.75, 3.05) is 13.1 Å². The number of hydrogen-bond acceptors (Lipinski definition) is 3. The molecule has 0 saturated carbocycles. The number of carbonyl (C=O) groups excluding carboxylic acids is 1. The van der Waals surface area contributed by atoms with E-state index in [1.165, 1.54) is 11.1 Å². The van der Waals surface area contributed by atoms with Crippen LogP contribution in [0.25, 0.3) is 22.4 Å². The van der Waals surface area contributed by atoms with Crippen molar-refractivity contribution in [1.29, 1.82) is 0 Å². The fourth-order valence-corrected chi connectivity index (χ4v) is 4.29. The molecule has 2 heterocycles. The molecule has 162 valence electrons. The summed E-state index contributed by atoms with van der Waals surface area (Å²) in [6.45, 7) is 9.25. The summed E-state index contributed by atoms with van der Waals surface area (Å²) in [5.74, 6) is 0.572. The molecule has 5 nitrogen and oxygen atoms in total. The van der Waals surface area contributed by atoms with Crippen LogP contribution in [0.5, 0.6) is 0 Å². The number of likely N-dealkylation sites (tertiary alicyclic amines) is 1. The van der Waals surface area contributed by atoms with Crippen LogP contribution >= 0.6 is 0 Å². The maximum absolute atomic E-state index is 12.5. The molecule has 0 bridgehead atoms. The van der Waals surface area contributed by atoms with E-state index in [1.54, 1.807) is 0 Å². The van der Waals surface area contributed by atoms with Gasteiger partial charge in [-0.2, -0.15) is 5.10 Å². The van der Waals surface area contributed by atoms with Gasteiger partial charge in [0, 0.05) is 37.3 Å². The zero-order valence-electron chi connectivity index (χ0n) is 19.0. The first-order chi connectivity index (χ1) is 14.7. The van der Waals surface area contributed by atoms with Crippen molar-refractivity contribution in [1.82, 2.24) is 14.7 Å². The van der Waals surface area contributed by atoms with Gasteiger partial charge in [-0.25, -0.2) is 4.79 Å². The van der Waals surface area contributed by atoms with E-state index < -0.39 is 5.60 Å². The molecule has 1 aliphatic heterocycles. The first-order valence-corrected chi connectivity index (χ1v) is 10.9. The minimum absolute atomic E-state index is 0.232. The smallest absolute Gasteiger partial charge is 0.410 e. The summed E-state index contributed by atoms with van der Waals surface area (Å²) in [6, 6.07) is 21.0. The van der Waals surface area contributed by atoms with Crippen molar-refractivity contribution in [3.63, 3.8) is 0 Å². The van der Waals surface area contributed by atoms with Crippen molar-refractivity contribution < 1.29 is 9.53 Å². The van der Waals surface area contributed by atoms with Gasteiger partial charge in [-0.15, -0.1) is 0 Å². The van der Waals surface area contributed by atoms with Gasteiger partial charge in [-0.3, -0.25) is 4.68 Å². The molecule has 3 aromatic rings. The Morgan fingerprint density at radius 3 is 2.35 bits per heavy atom. The lowest BCUT2D eigenvalue weighted by molar-refractivity contribution is 0.0287. The number of benzene rings is 2. The quantitative estimate of drug-likeness (QED) is 0.547. The molecule has 1 saturated heterocycles. The fourth-order valence-electron chi connectivity index (χ4n) is 4.29. The van der Waals surface area contributed by atoms with Crippen molar-refractivity contribution in [2.45, 2.75) is 39.2 Å². The van der Waals surface area contributed by atoms with E-state index in [1.807, 2.05) is 43.5 Å². The van der Waals surface area contributed by atoms with Crippen LogP contribution in [-0.4, -0.2) is 39.5 Å². The van der Waals surface area contributed by atoms with E-state index in [4.69, 9.17) is 9.84 Å². The molecule has 1 aromatic heterocycles. The molecule has 0 aliphatic carbocycles. The van der Waals surface area contributed by atoms with E-state index >= 15 is 0 Å². The first-order valence-electron chi connectivity index (χ1n) is 10.9. The number of carbonyl (C=O) groups is 1. The molecular weight excluding hydrogens is 386 g/mol. The zero-order chi connectivity index (χ0) is 22.2. The van der Waals surface area contributed by atoms with Gasteiger partial charge in [-0.05, 0) is 49.9 Å². The van der Waals surface area contributed by atoms with Crippen LogP contribution in [0.3, 0.4) is 0 Å². The van der Waals surface area contributed by atoms with Crippen molar-refractivity contribution in [3.05, 3.63) is 66.4 Å². The van der Waals surface area contributed by atoms with Crippen LogP contribution in [0.15, 0.2) is 60.7 Å². The number of rotatable bonds is 3. The highest BCUT2D eigenvalue weighted by Gasteiger charge is 2.37. The second kappa shape index (κ2) is 8.22. The topological polar surface area (TPSA) is 47.4 Å². The average Bonchev–Trinajstić information content (AvgIpc) is 3.30. The number of hydrogen-bond donors (Lipinski definition) is 0. The second-order valence-electron chi connectivity index (χ2n) is 9.49. The maximum Gasteiger partial charge on any atom is 0.410 e. The largest absolute Gasteiger partial charge is 0.444 e. The highest BCUT2D eigenvalue weighted by atomic mass is 16.6. The van der Waals surface area contributed by atoms with Crippen LogP contribution in [0.2, 0.25) is 0 Å². The summed E-state index contributed by atoms with van der Waals surface area (Å²) >= 11 is 0. The Bertz CT molecular complexity index is 1070. The number of ether oxygens (including phenoxy) is 1. The number of aryl methyl sites for hydroxylation is 1.